The second-order valence-electron chi connectivity index (χ2n) is 5.81. The van der Waals surface area contributed by atoms with E-state index in [4.69, 9.17) is 18.9 Å². The average Bonchev–Trinajstić information content (AvgIpc) is 2.66. The first-order chi connectivity index (χ1) is 12.5. The third-order valence-electron chi connectivity index (χ3n) is 3.94. The normalized spacial score (nSPS) is 11.4. The summed E-state index contributed by atoms with van der Waals surface area (Å²) >= 11 is 0. The predicted molar refractivity (Wildman–Crippen MR) is 99.2 cm³/mol. The van der Waals surface area contributed by atoms with E-state index in [0.717, 1.165) is 11.1 Å². The molecule has 2 rings (SSSR count). The van der Waals surface area contributed by atoms with Crippen LogP contribution in [0.3, 0.4) is 0 Å². The Morgan fingerprint density at radius 3 is 2.12 bits per heavy atom. The number of hydrogen-bond acceptors (Lipinski definition) is 5. The summed E-state index contributed by atoms with van der Waals surface area (Å²) < 4.78 is 21.6. The summed E-state index contributed by atoms with van der Waals surface area (Å²) in [5.41, 5.74) is 1.91. The minimum atomic E-state index is -0.621. The number of nitrogens with one attached hydrogen (secondary N) is 1. The van der Waals surface area contributed by atoms with E-state index in [2.05, 4.69) is 5.32 Å². The van der Waals surface area contributed by atoms with Gasteiger partial charge in [-0.15, -0.1) is 0 Å². The quantitative estimate of drug-likeness (QED) is 0.784. The number of methoxy groups -OCH3 is 3. The van der Waals surface area contributed by atoms with Crippen LogP contribution in [0.1, 0.15) is 18.1 Å². The van der Waals surface area contributed by atoms with Gasteiger partial charge in [0.2, 0.25) is 0 Å². The summed E-state index contributed by atoms with van der Waals surface area (Å²) in [5, 5.41) is 2.85. The molecule has 0 aliphatic carbocycles. The monoisotopic (exact) mass is 359 g/mol. The fraction of sp³-hybridized carbons (Fsp3) is 0.350. The van der Waals surface area contributed by atoms with Crippen LogP contribution >= 0.6 is 0 Å². The lowest BCUT2D eigenvalue weighted by molar-refractivity contribution is -0.127. The Bertz CT molecular complexity index is 743. The van der Waals surface area contributed by atoms with Gasteiger partial charge in [0, 0.05) is 18.2 Å². The first-order valence-electron chi connectivity index (χ1n) is 8.28. The maximum Gasteiger partial charge on any atom is 0.261 e. The molecule has 0 fully saturated rings. The van der Waals surface area contributed by atoms with E-state index in [1.165, 1.54) is 0 Å². The van der Waals surface area contributed by atoms with Gasteiger partial charge in [-0.2, -0.15) is 0 Å². The first kappa shape index (κ1) is 19.4. The van der Waals surface area contributed by atoms with Crippen LogP contribution in [0.5, 0.6) is 23.0 Å². The Hall–Kier alpha value is -2.89. The van der Waals surface area contributed by atoms with Crippen molar-refractivity contribution < 1.29 is 23.7 Å². The molecule has 1 atom stereocenters. The second kappa shape index (κ2) is 8.99. The van der Waals surface area contributed by atoms with Gasteiger partial charge in [-0.05, 0) is 32.0 Å². The average molecular weight is 359 g/mol. The van der Waals surface area contributed by atoms with Crippen molar-refractivity contribution in [1.29, 1.82) is 0 Å². The van der Waals surface area contributed by atoms with Crippen molar-refractivity contribution in [2.24, 2.45) is 0 Å². The molecule has 0 spiro atoms. The molecule has 0 bridgehead atoms. The zero-order chi connectivity index (χ0) is 19.1. The second-order valence-corrected chi connectivity index (χ2v) is 5.81. The minimum Gasteiger partial charge on any atom is -0.496 e. The zero-order valence-electron chi connectivity index (χ0n) is 15.8. The first-order valence-corrected chi connectivity index (χ1v) is 8.28. The van der Waals surface area contributed by atoms with E-state index < -0.39 is 6.10 Å². The molecular weight excluding hydrogens is 334 g/mol. The number of carbonyl (C=O) groups excluding carboxylic acids is 1. The molecule has 0 saturated heterocycles. The molecule has 140 valence electrons. The summed E-state index contributed by atoms with van der Waals surface area (Å²) in [5.74, 6) is 2.18. The molecule has 2 aromatic carbocycles. The summed E-state index contributed by atoms with van der Waals surface area (Å²) in [4.78, 5) is 12.3. The van der Waals surface area contributed by atoms with E-state index in [1.54, 1.807) is 40.4 Å². The number of hydrogen-bond donors (Lipinski definition) is 1. The number of carbonyl (C=O) groups is 1. The molecule has 6 heteroatoms. The largest absolute Gasteiger partial charge is 0.496 e. The Labute approximate surface area is 154 Å². The predicted octanol–water partition coefficient (Wildman–Crippen LogP) is 3.10. The maximum atomic E-state index is 12.3. The molecule has 0 aliphatic rings. The topological polar surface area (TPSA) is 66.0 Å². The highest BCUT2D eigenvalue weighted by atomic mass is 16.5. The lowest BCUT2D eigenvalue weighted by Gasteiger charge is -2.17. The lowest BCUT2D eigenvalue weighted by atomic mass is 10.1. The number of ether oxygens (including phenoxy) is 4. The van der Waals surface area contributed by atoms with Gasteiger partial charge in [0.05, 0.1) is 21.3 Å². The van der Waals surface area contributed by atoms with Crippen molar-refractivity contribution in [2.75, 3.05) is 21.3 Å². The molecule has 6 nitrogen and oxygen atoms in total. The highest BCUT2D eigenvalue weighted by molar-refractivity contribution is 5.80. The van der Waals surface area contributed by atoms with Crippen molar-refractivity contribution in [2.45, 2.75) is 26.5 Å². The number of amides is 1. The van der Waals surface area contributed by atoms with Crippen LogP contribution in [0, 0.1) is 6.92 Å². The number of benzene rings is 2. The van der Waals surface area contributed by atoms with E-state index in [-0.39, 0.29) is 12.5 Å². The Morgan fingerprint density at radius 2 is 1.54 bits per heavy atom. The van der Waals surface area contributed by atoms with Gasteiger partial charge in [-0.1, -0.05) is 17.7 Å². The maximum absolute atomic E-state index is 12.3. The standard InChI is InChI=1S/C20H25NO5/c1-13-6-8-16(9-7-13)26-14(2)20(22)21-12-15-10-18(24-4)19(25-5)11-17(15)23-3/h6-11,14H,12H2,1-5H3,(H,21,22). The van der Waals surface area contributed by atoms with E-state index in [1.807, 2.05) is 31.2 Å². The summed E-state index contributed by atoms with van der Waals surface area (Å²) in [7, 11) is 4.68. The van der Waals surface area contributed by atoms with E-state index in [0.29, 0.717) is 23.0 Å². The Kier molecular flexibility index (Phi) is 6.72. The molecular formula is C20H25NO5. The van der Waals surface area contributed by atoms with Gasteiger partial charge in [0.25, 0.3) is 5.91 Å². The molecule has 0 heterocycles. The Morgan fingerprint density at radius 1 is 0.962 bits per heavy atom. The van der Waals surface area contributed by atoms with Crippen molar-refractivity contribution in [3.05, 3.63) is 47.5 Å². The molecule has 2 aromatic rings. The Balaban J connectivity index is 2.02. The lowest BCUT2D eigenvalue weighted by Crippen LogP contribution is -2.36. The zero-order valence-corrected chi connectivity index (χ0v) is 15.8. The van der Waals surface area contributed by atoms with Crippen LogP contribution in [0.4, 0.5) is 0 Å². The van der Waals surface area contributed by atoms with Crippen LogP contribution in [0.2, 0.25) is 0 Å². The van der Waals surface area contributed by atoms with Crippen molar-refractivity contribution in [3.8, 4) is 23.0 Å². The minimum absolute atomic E-state index is 0.220. The van der Waals surface area contributed by atoms with Gasteiger partial charge in [-0.3, -0.25) is 4.79 Å². The summed E-state index contributed by atoms with van der Waals surface area (Å²) in [6.45, 7) is 3.99. The molecule has 26 heavy (non-hydrogen) atoms. The molecule has 0 aromatic heterocycles. The van der Waals surface area contributed by atoms with Crippen LogP contribution in [0.25, 0.3) is 0 Å². The fourth-order valence-electron chi connectivity index (χ4n) is 2.43. The van der Waals surface area contributed by atoms with Crippen LogP contribution in [-0.4, -0.2) is 33.3 Å². The van der Waals surface area contributed by atoms with E-state index >= 15 is 0 Å². The SMILES string of the molecule is COc1cc(OC)c(OC)cc1CNC(=O)C(C)Oc1ccc(C)cc1. The number of aryl methyl sites for hydroxylation is 1. The molecule has 0 radical (unpaired) electrons. The smallest absolute Gasteiger partial charge is 0.261 e. The van der Waals surface area contributed by atoms with Gasteiger partial charge in [0.1, 0.15) is 11.5 Å². The molecule has 1 N–H and O–H groups in total. The third-order valence-corrected chi connectivity index (χ3v) is 3.94. The van der Waals surface area contributed by atoms with E-state index in [9.17, 15) is 4.79 Å². The molecule has 0 aliphatic heterocycles. The molecule has 0 saturated carbocycles. The van der Waals surface area contributed by atoms with Gasteiger partial charge in [0.15, 0.2) is 17.6 Å². The number of rotatable bonds is 8. The van der Waals surface area contributed by atoms with Crippen molar-refractivity contribution >= 4 is 5.91 Å². The van der Waals surface area contributed by atoms with Crippen LogP contribution in [0.15, 0.2) is 36.4 Å². The molecule has 1 amide bonds. The summed E-state index contributed by atoms with van der Waals surface area (Å²) in [6, 6.07) is 11.1. The van der Waals surface area contributed by atoms with Gasteiger partial charge in [-0.25, -0.2) is 0 Å². The van der Waals surface area contributed by atoms with Crippen molar-refractivity contribution in [1.82, 2.24) is 5.32 Å². The summed E-state index contributed by atoms with van der Waals surface area (Å²) in [6.07, 6.45) is -0.621. The third kappa shape index (κ3) is 4.81. The van der Waals surface area contributed by atoms with Gasteiger partial charge < -0.3 is 24.3 Å². The van der Waals surface area contributed by atoms with Crippen molar-refractivity contribution in [3.63, 3.8) is 0 Å². The van der Waals surface area contributed by atoms with Crippen LogP contribution < -0.4 is 24.3 Å². The highest BCUT2D eigenvalue weighted by Crippen LogP contribution is 2.34. The molecule has 1 unspecified atom stereocenters. The van der Waals surface area contributed by atoms with Crippen LogP contribution in [-0.2, 0) is 11.3 Å². The van der Waals surface area contributed by atoms with Gasteiger partial charge >= 0.3 is 0 Å². The highest BCUT2D eigenvalue weighted by Gasteiger charge is 2.17. The fourth-order valence-corrected chi connectivity index (χ4v) is 2.43.